The van der Waals surface area contributed by atoms with Gasteiger partial charge in [-0.05, 0) is 49.4 Å². The third-order valence-electron chi connectivity index (χ3n) is 4.94. The number of imidazole rings is 1. The number of fused-ring (bicyclic) bond motifs is 1. The lowest BCUT2D eigenvalue weighted by Crippen LogP contribution is -2.02. The maximum absolute atomic E-state index is 14.5. The Kier molecular flexibility index (Phi) is 5.14. The van der Waals surface area contributed by atoms with Gasteiger partial charge in [-0.25, -0.2) is 22.3 Å². The molecular weight excluding hydrogens is 421 g/mol. The van der Waals surface area contributed by atoms with E-state index in [9.17, 15) is 12.8 Å². The highest BCUT2D eigenvalue weighted by Crippen LogP contribution is 2.33. The smallest absolute Gasteiger partial charge is 0.178 e. The lowest BCUT2D eigenvalue weighted by molar-refractivity contribution is 0.355. The third kappa shape index (κ3) is 3.72. The topological polar surface area (TPSA) is 82.8 Å². The molecule has 0 aliphatic rings. The molecule has 4 aromatic rings. The van der Waals surface area contributed by atoms with Crippen molar-refractivity contribution in [2.24, 2.45) is 0 Å². The van der Waals surface area contributed by atoms with E-state index in [4.69, 9.17) is 14.6 Å². The number of ether oxygens (including phenoxy) is 2. The summed E-state index contributed by atoms with van der Waals surface area (Å²) in [6.07, 6.45) is 0.974. The normalized spacial score (nSPS) is 11.6. The molecule has 0 bridgehead atoms. The summed E-state index contributed by atoms with van der Waals surface area (Å²) in [7, 11) is -0.536. The maximum Gasteiger partial charge on any atom is 0.178 e. The summed E-state index contributed by atoms with van der Waals surface area (Å²) in [6, 6.07) is 13.1. The first-order valence-corrected chi connectivity index (χ1v) is 11.2. The zero-order chi connectivity index (χ0) is 22.3. The van der Waals surface area contributed by atoms with E-state index >= 15 is 0 Å². The van der Waals surface area contributed by atoms with Crippen LogP contribution in [0.1, 0.15) is 5.69 Å². The first kappa shape index (κ1) is 20.8. The Hall–Kier alpha value is -3.46. The van der Waals surface area contributed by atoms with E-state index in [1.54, 1.807) is 37.8 Å². The molecule has 0 aliphatic carbocycles. The van der Waals surface area contributed by atoms with Crippen LogP contribution in [0.5, 0.6) is 11.5 Å². The summed E-state index contributed by atoms with van der Waals surface area (Å²) in [6.45, 7) is 1.79. The van der Waals surface area contributed by atoms with Crippen LogP contribution in [0.15, 0.2) is 53.4 Å². The zero-order valence-electron chi connectivity index (χ0n) is 17.4. The van der Waals surface area contributed by atoms with Crippen LogP contribution in [0.2, 0.25) is 0 Å². The molecular formula is C22H20FN3O4S. The molecule has 0 N–H and O–H groups in total. The summed E-state index contributed by atoms with van der Waals surface area (Å²) in [4.78, 5) is 4.16. The second-order valence-electron chi connectivity index (χ2n) is 7.02. The predicted octanol–water partition coefficient (Wildman–Crippen LogP) is 3.93. The van der Waals surface area contributed by atoms with E-state index in [1.165, 1.54) is 12.1 Å². The highest BCUT2D eigenvalue weighted by Gasteiger charge is 2.18. The summed E-state index contributed by atoms with van der Waals surface area (Å²) in [5.41, 5.74) is 3.74. The number of halogens is 1. The van der Waals surface area contributed by atoms with Gasteiger partial charge in [-0.1, -0.05) is 6.07 Å². The average molecular weight is 441 g/mol. The van der Waals surface area contributed by atoms with Crippen LogP contribution >= 0.6 is 0 Å². The maximum atomic E-state index is 14.5. The number of methoxy groups -OCH3 is 2. The zero-order valence-corrected chi connectivity index (χ0v) is 18.2. The number of aromatic nitrogens is 3. The minimum Gasteiger partial charge on any atom is -0.493 e. The van der Waals surface area contributed by atoms with Crippen LogP contribution in [0, 0.1) is 12.7 Å². The Morgan fingerprint density at radius 2 is 1.65 bits per heavy atom. The number of benzene rings is 2. The van der Waals surface area contributed by atoms with E-state index in [1.807, 2.05) is 24.3 Å². The first-order valence-electron chi connectivity index (χ1n) is 9.31. The largest absolute Gasteiger partial charge is 0.493 e. The van der Waals surface area contributed by atoms with Gasteiger partial charge in [0.05, 0.1) is 31.3 Å². The van der Waals surface area contributed by atoms with Crippen molar-refractivity contribution in [1.29, 1.82) is 0 Å². The molecule has 7 nitrogen and oxygen atoms in total. The molecule has 0 amide bonds. The predicted molar refractivity (Wildman–Crippen MR) is 115 cm³/mol. The van der Waals surface area contributed by atoms with Gasteiger partial charge in [0.2, 0.25) is 0 Å². The molecule has 2 aromatic heterocycles. The molecule has 0 radical (unpaired) electrons. The van der Waals surface area contributed by atoms with Gasteiger partial charge in [-0.15, -0.1) is 0 Å². The van der Waals surface area contributed by atoms with Crippen LogP contribution in [0.3, 0.4) is 0 Å². The van der Waals surface area contributed by atoms with Gasteiger partial charge in [0.1, 0.15) is 10.7 Å². The highest BCUT2D eigenvalue weighted by atomic mass is 32.2. The van der Waals surface area contributed by atoms with Gasteiger partial charge in [-0.2, -0.15) is 5.10 Å². The Labute approximate surface area is 179 Å². The van der Waals surface area contributed by atoms with E-state index in [-0.39, 0.29) is 4.90 Å². The van der Waals surface area contributed by atoms with Gasteiger partial charge in [0, 0.05) is 17.4 Å². The molecule has 31 heavy (non-hydrogen) atoms. The van der Waals surface area contributed by atoms with Crippen molar-refractivity contribution in [2.45, 2.75) is 11.8 Å². The fraction of sp³-hybridized carbons (Fsp3) is 0.182. The van der Waals surface area contributed by atoms with Crippen LogP contribution in [0.25, 0.3) is 28.2 Å². The average Bonchev–Trinajstić information content (AvgIpc) is 3.07. The van der Waals surface area contributed by atoms with Gasteiger partial charge in [-0.3, -0.25) is 0 Å². The second kappa shape index (κ2) is 7.66. The molecule has 4 rings (SSSR count). The van der Waals surface area contributed by atoms with Gasteiger partial charge in [0.15, 0.2) is 27.0 Å². The highest BCUT2D eigenvalue weighted by molar-refractivity contribution is 7.90. The van der Waals surface area contributed by atoms with Crippen LogP contribution in [-0.4, -0.2) is 43.5 Å². The fourth-order valence-corrected chi connectivity index (χ4v) is 4.20. The Morgan fingerprint density at radius 3 is 2.29 bits per heavy atom. The van der Waals surface area contributed by atoms with Crippen molar-refractivity contribution in [1.82, 2.24) is 14.6 Å². The quantitative estimate of drug-likeness (QED) is 0.467. The summed E-state index contributed by atoms with van der Waals surface area (Å²) >= 11 is 0. The lowest BCUT2D eigenvalue weighted by Gasteiger charge is -2.10. The number of rotatable bonds is 5. The first-order chi connectivity index (χ1) is 14.7. The monoisotopic (exact) mass is 441 g/mol. The summed E-state index contributed by atoms with van der Waals surface area (Å²) < 4.78 is 50.3. The van der Waals surface area contributed by atoms with E-state index in [0.717, 1.165) is 11.8 Å². The summed E-state index contributed by atoms with van der Waals surface area (Å²) in [5, 5.41) is 4.69. The van der Waals surface area contributed by atoms with Crippen molar-refractivity contribution in [3.8, 4) is 34.0 Å². The number of nitrogens with zero attached hydrogens (tertiary/aromatic N) is 3. The van der Waals surface area contributed by atoms with Crippen LogP contribution < -0.4 is 9.47 Å². The summed E-state index contributed by atoms with van der Waals surface area (Å²) in [5.74, 6) is 0.362. The van der Waals surface area contributed by atoms with Crippen LogP contribution in [0.4, 0.5) is 4.39 Å². The van der Waals surface area contributed by atoms with Crippen molar-refractivity contribution in [3.63, 3.8) is 0 Å². The third-order valence-corrected chi connectivity index (χ3v) is 6.07. The number of hydrogen-bond acceptors (Lipinski definition) is 6. The number of sulfone groups is 1. The number of hydrogen-bond donors (Lipinski definition) is 0. The SMILES string of the molecule is COc1ccc(-c2ccc3nc(C)c(-c4ccc(S(C)(=O)=O)c(F)c4)n3n2)cc1OC. The molecule has 9 heteroatoms. The van der Waals surface area contributed by atoms with Crippen molar-refractivity contribution in [2.75, 3.05) is 20.5 Å². The molecule has 0 fully saturated rings. The molecule has 2 heterocycles. The number of aryl methyl sites for hydroxylation is 1. The van der Waals surface area contributed by atoms with E-state index in [2.05, 4.69) is 4.98 Å². The van der Waals surface area contributed by atoms with Crippen LogP contribution in [-0.2, 0) is 9.84 Å². The Balaban J connectivity index is 1.87. The minimum atomic E-state index is -3.66. The fourth-order valence-electron chi connectivity index (χ4n) is 3.47. The second-order valence-corrected chi connectivity index (χ2v) is 9.01. The van der Waals surface area contributed by atoms with Crippen molar-refractivity contribution in [3.05, 3.63) is 60.0 Å². The molecule has 0 unspecified atom stereocenters. The van der Waals surface area contributed by atoms with Gasteiger partial charge >= 0.3 is 0 Å². The standard InChI is InChI=1S/C22H20FN3O4S/c1-13-22(15-6-9-20(16(23)11-15)31(4,27)28)26-21(24-13)10-7-17(25-26)14-5-8-18(29-2)19(12-14)30-3/h5-12H,1-4H3. The molecule has 160 valence electrons. The minimum absolute atomic E-state index is 0.346. The molecule has 0 spiro atoms. The Morgan fingerprint density at radius 1 is 0.935 bits per heavy atom. The molecule has 0 atom stereocenters. The van der Waals surface area contributed by atoms with Crippen molar-refractivity contribution >= 4 is 15.5 Å². The molecule has 2 aromatic carbocycles. The van der Waals surface area contributed by atoms with Gasteiger partial charge < -0.3 is 9.47 Å². The molecule has 0 saturated carbocycles. The molecule has 0 saturated heterocycles. The van der Waals surface area contributed by atoms with E-state index in [0.29, 0.717) is 39.8 Å². The molecule has 0 aliphatic heterocycles. The van der Waals surface area contributed by atoms with E-state index < -0.39 is 15.7 Å². The Bertz CT molecular complexity index is 1410. The van der Waals surface area contributed by atoms with Crippen molar-refractivity contribution < 1.29 is 22.3 Å². The lowest BCUT2D eigenvalue weighted by atomic mass is 10.1. The van der Waals surface area contributed by atoms with Gasteiger partial charge in [0.25, 0.3) is 0 Å².